The lowest BCUT2D eigenvalue weighted by Gasteiger charge is -2.35. The molecule has 0 aliphatic carbocycles. The van der Waals surface area contributed by atoms with Gasteiger partial charge in [-0.25, -0.2) is 0 Å². The molecule has 0 spiro atoms. The molecule has 1 unspecified atom stereocenters. The van der Waals surface area contributed by atoms with E-state index in [4.69, 9.17) is 0 Å². The molecular weight excluding hydrogens is 274 g/mol. The highest BCUT2D eigenvalue weighted by Crippen LogP contribution is 2.30. The van der Waals surface area contributed by atoms with Crippen LogP contribution in [0.5, 0.6) is 0 Å². The fourth-order valence-electron chi connectivity index (χ4n) is 3.24. The quantitative estimate of drug-likeness (QED) is 0.882. The van der Waals surface area contributed by atoms with E-state index in [9.17, 15) is 4.79 Å². The van der Waals surface area contributed by atoms with Gasteiger partial charge in [-0.15, -0.1) is 0 Å². The topological polar surface area (TPSA) is 44.4 Å². The number of likely N-dealkylation sites (tertiary alicyclic amines) is 1. The van der Waals surface area contributed by atoms with Crippen LogP contribution in [0.4, 0.5) is 0 Å². The molecule has 3 rings (SSSR count). The maximum absolute atomic E-state index is 13.0. The monoisotopic (exact) mass is 297 g/mol. The van der Waals surface area contributed by atoms with Crippen LogP contribution in [0.25, 0.3) is 0 Å². The van der Waals surface area contributed by atoms with Crippen LogP contribution in [-0.4, -0.2) is 23.9 Å². The maximum atomic E-state index is 13.0. The van der Waals surface area contributed by atoms with Gasteiger partial charge in [0, 0.05) is 18.8 Å². The number of piperidine rings is 1. The van der Waals surface area contributed by atoms with Crippen LogP contribution < -0.4 is 10.6 Å². The second kappa shape index (κ2) is 6.26. The van der Waals surface area contributed by atoms with Crippen LogP contribution in [0, 0.1) is 0 Å². The molecule has 2 N–H and O–H groups in total. The van der Waals surface area contributed by atoms with E-state index in [1.54, 1.807) is 0 Å². The van der Waals surface area contributed by atoms with Crippen LogP contribution in [0.1, 0.15) is 37.8 Å². The van der Waals surface area contributed by atoms with Crippen molar-refractivity contribution >= 4 is 5.91 Å². The molecule has 0 bridgehead atoms. The number of rotatable bonds is 2. The molecule has 116 valence electrons. The number of carbonyl (C=O) groups is 1. The van der Waals surface area contributed by atoms with Crippen molar-refractivity contribution in [2.75, 3.05) is 13.1 Å². The highest BCUT2D eigenvalue weighted by molar-refractivity contribution is 5.96. The van der Waals surface area contributed by atoms with Gasteiger partial charge in [0.1, 0.15) is 0 Å². The van der Waals surface area contributed by atoms with Gasteiger partial charge in [0.15, 0.2) is 0 Å². The fourth-order valence-corrected chi connectivity index (χ4v) is 3.24. The highest BCUT2D eigenvalue weighted by atomic mass is 16.2. The van der Waals surface area contributed by atoms with E-state index < -0.39 is 0 Å². The summed E-state index contributed by atoms with van der Waals surface area (Å²) in [6.07, 6.45) is 3.42. The smallest absolute Gasteiger partial charge is 0.253 e. The summed E-state index contributed by atoms with van der Waals surface area (Å²) in [5.41, 5.74) is 2.79. The average molecular weight is 297 g/mol. The Bertz CT molecular complexity index is 600. The first-order valence-electron chi connectivity index (χ1n) is 7.94. The second-order valence-electron chi connectivity index (χ2n) is 5.98. The zero-order valence-electron chi connectivity index (χ0n) is 13.1. The molecule has 0 aromatic heterocycles. The normalized spacial score (nSPS) is 22.1. The summed E-state index contributed by atoms with van der Waals surface area (Å²) in [4.78, 5) is 15.0. The molecular formula is C18H23N3O. The van der Waals surface area contributed by atoms with Gasteiger partial charge in [-0.3, -0.25) is 4.79 Å². The summed E-state index contributed by atoms with van der Waals surface area (Å²) in [6, 6.07) is 9.95. The van der Waals surface area contributed by atoms with Crippen molar-refractivity contribution in [3.63, 3.8) is 0 Å². The van der Waals surface area contributed by atoms with Crippen molar-refractivity contribution in [1.82, 2.24) is 15.5 Å². The summed E-state index contributed by atoms with van der Waals surface area (Å²) in [5, 5.41) is 6.50. The van der Waals surface area contributed by atoms with Crippen LogP contribution in [0.2, 0.25) is 0 Å². The van der Waals surface area contributed by atoms with E-state index in [1.165, 1.54) is 6.42 Å². The minimum atomic E-state index is -0.135. The van der Waals surface area contributed by atoms with E-state index in [-0.39, 0.29) is 11.9 Å². The summed E-state index contributed by atoms with van der Waals surface area (Å²) >= 11 is 0. The molecule has 2 heterocycles. The van der Waals surface area contributed by atoms with Gasteiger partial charge >= 0.3 is 0 Å². The van der Waals surface area contributed by atoms with Crippen molar-refractivity contribution < 1.29 is 4.79 Å². The van der Waals surface area contributed by atoms with Gasteiger partial charge in [-0.1, -0.05) is 36.9 Å². The summed E-state index contributed by atoms with van der Waals surface area (Å²) < 4.78 is 0. The Morgan fingerprint density at radius 1 is 1.18 bits per heavy atom. The SMILES string of the molecule is C=C1NC(C)=C(C(=O)N2CCCCC2)C(c2ccccc2)N1. The largest absolute Gasteiger partial charge is 0.361 e. The van der Waals surface area contributed by atoms with Crippen LogP contribution in [-0.2, 0) is 4.79 Å². The third kappa shape index (κ3) is 2.86. The van der Waals surface area contributed by atoms with Gasteiger partial charge in [0.2, 0.25) is 0 Å². The third-order valence-corrected chi connectivity index (χ3v) is 4.36. The van der Waals surface area contributed by atoms with Gasteiger partial charge in [0.25, 0.3) is 5.91 Å². The highest BCUT2D eigenvalue weighted by Gasteiger charge is 2.32. The number of hydrogen-bond donors (Lipinski definition) is 2. The van der Waals surface area contributed by atoms with Crippen molar-refractivity contribution in [3.8, 4) is 0 Å². The predicted octanol–water partition coefficient (Wildman–Crippen LogP) is 2.68. The van der Waals surface area contributed by atoms with E-state index in [2.05, 4.69) is 17.2 Å². The first-order valence-corrected chi connectivity index (χ1v) is 7.94. The Kier molecular flexibility index (Phi) is 4.18. The molecule has 4 heteroatoms. The zero-order chi connectivity index (χ0) is 15.5. The minimum absolute atomic E-state index is 0.135. The van der Waals surface area contributed by atoms with Crippen molar-refractivity contribution in [2.24, 2.45) is 0 Å². The molecule has 1 aromatic carbocycles. The van der Waals surface area contributed by atoms with Gasteiger partial charge in [0.05, 0.1) is 17.4 Å². The number of hydrogen-bond acceptors (Lipinski definition) is 3. The first-order chi connectivity index (χ1) is 10.7. The Morgan fingerprint density at radius 2 is 1.86 bits per heavy atom. The molecule has 4 nitrogen and oxygen atoms in total. The van der Waals surface area contributed by atoms with Crippen molar-refractivity contribution in [1.29, 1.82) is 0 Å². The molecule has 1 saturated heterocycles. The lowest BCUT2D eigenvalue weighted by Crippen LogP contribution is -2.44. The number of nitrogens with zero attached hydrogens (tertiary/aromatic N) is 1. The minimum Gasteiger partial charge on any atom is -0.361 e. The Morgan fingerprint density at radius 3 is 2.55 bits per heavy atom. The predicted molar refractivity (Wildman–Crippen MR) is 87.7 cm³/mol. The summed E-state index contributed by atoms with van der Waals surface area (Å²) in [5.74, 6) is 0.875. The fraction of sp³-hybridized carbons (Fsp3) is 0.389. The summed E-state index contributed by atoms with van der Waals surface area (Å²) in [6.45, 7) is 7.64. The number of carbonyl (C=O) groups excluding carboxylic acids is 1. The zero-order valence-corrected chi connectivity index (χ0v) is 13.1. The molecule has 2 aliphatic heterocycles. The van der Waals surface area contributed by atoms with Crippen molar-refractivity contribution in [3.05, 3.63) is 59.6 Å². The number of nitrogens with one attached hydrogen (secondary N) is 2. The Hall–Kier alpha value is -2.23. The van der Waals surface area contributed by atoms with E-state index in [1.807, 2.05) is 42.2 Å². The maximum Gasteiger partial charge on any atom is 0.253 e. The molecule has 2 aliphatic rings. The standard InChI is InChI=1S/C18H23N3O/c1-13-16(18(22)21-11-7-4-8-12-21)17(20-14(2)19-13)15-9-5-3-6-10-15/h3,5-6,9-10,17,19-20H,2,4,7-8,11-12H2,1H3. The lowest BCUT2D eigenvalue weighted by atomic mass is 9.93. The van der Waals surface area contributed by atoms with Gasteiger partial charge < -0.3 is 15.5 Å². The number of allylic oxidation sites excluding steroid dienone is 1. The molecule has 1 atom stereocenters. The molecule has 0 radical (unpaired) electrons. The van der Waals surface area contributed by atoms with Gasteiger partial charge in [-0.2, -0.15) is 0 Å². The van der Waals surface area contributed by atoms with Gasteiger partial charge in [-0.05, 0) is 31.7 Å². The van der Waals surface area contributed by atoms with E-state index in [0.717, 1.165) is 48.6 Å². The number of benzene rings is 1. The summed E-state index contributed by atoms with van der Waals surface area (Å²) in [7, 11) is 0. The molecule has 1 amide bonds. The Labute approximate surface area is 131 Å². The van der Waals surface area contributed by atoms with E-state index in [0.29, 0.717) is 0 Å². The lowest BCUT2D eigenvalue weighted by molar-refractivity contribution is -0.128. The third-order valence-electron chi connectivity index (χ3n) is 4.36. The average Bonchev–Trinajstić information content (AvgIpc) is 2.55. The first kappa shape index (κ1) is 14.7. The molecule has 22 heavy (non-hydrogen) atoms. The number of amides is 1. The van der Waals surface area contributed by atoms with Crippen molar-refractivity contribution in [2.45, 2.75) is 32.2 Å². The molecule has 1 aromatic rings. The van der Waals surface area contributed by atoms with Crippen LogP contribution in [0.15, 0.2) is 54.0 Å². The van der Waals surface area contributed by atoms with Crippen LogP contribution >= 0.6 is 0 Å². The Balaban J connectivity index is 1.94. The molecule has 1 fully saturated rings. The van der Waals surface area contributed by atoms with Crippen LogP contribution in [0.3, 0.4) is 0 Å². The van der Waals surface area contributed by atoms with E-state index >= 15 is 0 Å². The molecule has 0 saturated carbocycles. The second-order valence-corrected chi connectivity index (χ2v) is 5.98.